The molecule has 0 spiro atoms. The van der Waals surface area contributed by atoms with Crippen LogP contribution in [0, 0.1) is 0 Å². The maximum absolute atomic E-state index is 4.84. The minimum Gasteiger partial charge on any atom is -0.350 e. The van der Waals surface area contributed by atoms with Crippen molar-refractivity contribution >= 4 is 33.5 Å². The number of thiazole rings is 1. The summed E-state index contributed by atoms with van der Waals surface area (Å²) in [5.74, 6) is 1.14. The second kappa shape index (κ2) is 4.87. The van der Waals surface area contributed by atoms with Crippen LogP contribution in [-0.4, -0.2) is 23.0 Å². The highest BCUT2D eigenvalue weighted by Gasteiger charge is 2.23. The Hall–Kier alpha value is -1.37. The van der Waals surface area contributed by atoms with Gasteiger partial charge in [-0.3, -0.25) is 4.40 Å². The van der Waals surface area contributed by atoms with Gasteiger partial charge in [-0.15, -0.1) is 22.7 Å². The van der Waals surface area contributed by atoms with Crippen molar-refractivity contribution in [3.8, 4) is 0 Å². The molecular formula is C14H16N4S2. The predicted octanol–water partition coefficient (Wildman–Crippen LogP) is 2.74. The molecule has 0 saturated carbocycles. The highest BCUT2D eigenvalue weighted by Crippen LogP contribution is 2.31. The molecular weight excluding hydrogens is 288 g/mol. The Bertz CT molecular complexity index is 739. The lowest BCUT2D eigenvalue weighted by atomic mass is 10.1. The summed E-state index contributed by atoms with van der Waals surface area (Å²) in [6.45, 7) is 2.90. The lowest BCUT2D eigenvalue weighted by Crippen LogP contribution is -2.31. The molecule has 6 heteroatoms. The van der Waals surface area contributed by atoms with E-state index in [0.717, 1.165) is 36.8 Å². The lowest BCUT2D eigenvalue weighted by Gasteiger charge is -2.28. The van der Waals surface area contributed by atoms with Crippen molar-refractivity contribution in [2.45, 2.75) is 19.5 Å². The number of nitrogens with one attached hydrogen (secondary N) is 1. The Kier molecular flexibility index (Phi) is 3.02. The van der Waals surface area contributed by atoms with Gasteiger partial charge in [-0.05, 0) is 30.5 Å². The topological polar surface area (TPSA) is 32.6 Å². The number of aromatic nitrogens is 2. The van der Waals surface area contributed by atoms with E-state index >= 15 is 0 Å². The van der Waals surface area contributed by atoms with E-state index in [-0.39, 0.29) is 0 Å². The normalized spacial score (nSPS) is 14.9. The number of imidazole rings is 1. The van der Waals surface area contributed by atoms with Crippen molar-refractivity contribution in [1.29, 1.82) is 0 Å². The molecule has 0 radical (unpaired) electrons. The van der Waals surface area contributed by atoms with E-state index in [0.29, 0.717) is 0 Å². The minimum absolute atomic E-state index is 0.847. The van der Waals surface area contributed by atoms with Crippen LogP contribution < -0.4 is 10.2 Å². The number of anilines is 1. The molecule has 1 aliphatic heterocycles. The maximum atomic E-state index is 4.84. The third kappa shape index (κ3) is 1.87. The first-order valence-electron chi connectivity index (χ1n) is 6.76. The summed E-state index contributed by atoms with van der Waals surface area (Å²) in [7, 11) is 1.99. The molecule has 1 aliphatic rings. The Morgan fingerprint density at radius 1 is 1.35 bits per heavy atom. The Labute approximate surface area is 125 Å². The van der Waals surface area contributed by atoms with Gasteiger partial charge in [0.05, 0.1) is 5.69 Å². The average Bonchev–Trinajstić information content (AvgIpc) is 3.14. The first kappa shape index (κ1) is 12.4. The zero-order valence-corrected chi connectivity index (χ0v) is 12.9. The molecule has 0 atom stereocenters. The predicted molar refractivity (Wildman–Crippen MR) is 84.9 cm³/mol. The third-order valence-corrected chi connectivity index (χ3v) is 5.57. The van der Waals surface area contributed by atoms with Crippen molar-refractivity contribution < 1.29 is 0 Å². The average molecular weight is 304 g/mol. The van der Waals surface area contributed by atoms with Crippen LogP contribution in [0.4, 0.5) is 5.82 Å². The molecule has 4 rings (SSSR count). The zero-order valence-electron chi connectivity index (χ0n) is 11.3. The van der Waals surface area contributed by atoms with Crippen LogP contribution in [0.25, 0.3) is 4.96 Å². The summed E-state index contributed by atoms with van der Waals surface area (Å²) in [4.78, 5) is 9.89. The largest absolute Gasteiger partial charge is 0.350 e. The van der Waals surface area contributed by atoms with Crippen LogP contribution in [0.2, 0.25) is 0 Å². The van der Waals surface area contributed by atoms with Gasteiger partial charge in [0.1, 0.15) is 0 Å². The van der Waals surface area contributed by atoms with Crippen LogP contribution in [0.5, 0.6) is 0 Å². The lowest BCUT2D eigenvalue weighted by molar-refractivity contribution is 0.714. The van der Waals surface area contributed by atoms with E-state index < -0.39 is 0 Å². The molecule has 0 amide bonds. The van der Waals surface area contributed by atoms with Gasteiger partial charge < -0.3 is 10.2 Å². The molecule has 0 fully saturated rings. The van der Waals surface area contributed by atoms with Crippen molar-refractivity contribution in [2.24, 2.45) is 0 Å². The summed E-state index contributed by atoms with van der Waals surface area (Å²) < 4.78 is 2.21. The van der Waals surface area contributed by atoms with Gasteiger partial charge in [0, 0.05) is 36.1 Å². The fraction of sp³-hybridized carbons (Fsp3) is 0.357. The minimum atomic E-state index is 0.847. The van der Waals surface area contributed by atoms with Crippen molar-refractivity contribution in [3.05, 3.63) is 39.2 Å². The van der Waals surface area contributed by atoms with E-state index in [1.807, 2.05) is 18.4 Å². The fourth-order valence-corrected chi connectivity index (χ4v) is 4.45. The Balaban J connectivity index is 1.75. The van der Waals surface area contributed by atoms with E-state index in [1.54, 1.807) is 11.3 Å². The molecule has 20 heavy (non-hydrogen) atoms. The maximum Gasteiger partial charge on any atom is 0.195 e. The summed E-state index contributed by atoms with van der Waals surface area (Å²) >= 11 is 3.58. The summed E-state index contributed by atoms with van der Waals surface area (Å²) in [5.41, 5.74) is 2.73. The van der Waals surface area contributed by atoms with Gasteiger partial charge in [0.25, 0.3) is 0 Å². The summed E-state index contributed by atoms with van der Waals surface area (Å²) in [6, 6.07) is 2.25. The van der Waals surface area contributed by atoms with Crippen molar-refractivity contribution in [3.63, 3.8) is 0 Å². The Morgan fingerprint density at radius 3 is 3.20 bits per heavy atom. The van der Waals surface area contributed by atoms with Gasteiger partial charge in [-0.2, -0.15) is 0 Å². The monoisotopic (exact) mass is 304 g/mol. The molecule has 0 bridgehead atoms. The van der Waals surface area contributed by atoms with E-state index in [1.165, 1.54) is 16.1 Å². The van der Waals surface area contributed by atoms with E-state index in [9.17, 15) is 0 Å². The highest BCUT2D eigenvalue weighted by molar-refractivity contribution is 7.15. The first-order chi connectivity index (χ1) is 9.86. The van der Waals surface area contributed by atoms with Gasteiger partial charge >= 0.3 is 0 Å². The van der Waals surface area contributed by atoms with Gasteiger partial charge in [0.2, 0.25) is 0 Å². The summed E-state index contributed by atoms with van der Waals surface area (Å²) in [6.07, 6.45) is 3.25. The Morgan fingerprint density at radius 2 is 2.30 bits per heavy atom. The number of fused-ring (bicyclic) bond motifs is 2. The molecule has 3 aromatic heterocycles. The quantitative estimate of drug-likeness (QED) is 0.807. The number of nitrogens with zero attached hydrogens (tertiary/aromatic N) is 3. The number of thiophene rings is 1. The molecule has 3 aromatic rings. The number of hydrogen-bond acceptors (Lipinski definition) is 5. The van der Waals surface area contributed by atoms with Crippen LogP contribution >= 0.6 is 22.7 Å². The highest BCUT2D eigenvalue weighted by atomic mass is 32.1. The molecule has 104 valence electrons. The molecule has 0 saturated heterocycles. The molecule has 4 heterocycles. The van der Waals surface area contributed by atoms with Crippen LogP contribution in [0.1, 0.15) is 16.1 Å². The number of rotatable bonds is 3. The van der Waals surface area contributed by atoms with Gasteiger partial charge in [0.15, 0.2) is 10.8 Å². The smallest absolute Gasteiger partial charge is 0.195 e. The van der Waals surface area contributed by atoms with Crippen molar-refractivity contribution in [1.82, 2.24) is 14.7 Å². The second-order valence-electron chi connectivity index (χ2n) is 5.01. The third-order valence-electron chi connectivity index (χ3n) is 3.79. The molecule has 0 aliphatic carbocycles. The second-order valence-corrected chi connectivity index (χ2v) is 6.88. The van der Waals surface area contributed by atoms with Gasteiger partial charge in [-0.1, -0.05) is 0 Å². The van der Waals surface area contributed by atoms with Crippen molar-refractivity contribution in [2.75, 3.05) is 18.5 Å². The SMILES string of the molecule is CNCc1c(N2CCc3sccc3C2)nc2sccn12. The van der Waals surface area contributed by atoms with Crippen LogP contribution in [-0.2, 0) is 19.5 Å². The first-order valence-corrected chi connectivity index (χ1v) is 8.52. The standard InChI is InChI=1S/C14H16N4S2/c1-15-8-11-13(16-14-18(11)5-7-20-14)17-4-2-12-10(9-17)3-6-19-12/h3,5-7,15H,2,4,8-9H2,1H3. The molecule has 0 aromatic carbocycles. The molecule has 1 N–H and O–H groups in total. The van der Waals surface area contributed by atoms with Gasteiger partial charge in [-0.25, -0.2) is 4.98 Å². The van der Waals surface area contributed by atoms with E-state index in [2.05, 4.69) is 37.6 Å². The van der Waals surface area contributed by atoms with E-state index in [4.69, 9.17) is 4.98 Å². The van der Waals surface area contributed by atoms with Crippen LogP contribution in [0.15, 0.2) is 23.0 Å². The zero-order chi connectivity index (χ0) is 13.5. The molecule has 4 nitrogen and oxygen atoms in total. The fourth-order valence-electron chi connectivity index (χ4n) is 2.84. The molecule has 0 unspecified atom stereocenters. The summed E-state index contributed by atoms with van der Waals surface area (Å²) in [5, 5.41) is 7.56. The van der Waals surface area contributed by atoms with Crippen LogP contribution in [0.3, 0.4) is 0 Å². The number of hydrogen-bond donors (Lipinski definition) is 1.